The number of hydrogen-bond acceptors (Lipinski definition) is 4. The Morgan fingerprint density at radius 1 is 1.19 bits per heavy atom. The first kappa shape index (κ1) is 21.5. The standard InChI is InChI=1S/C17H20F4N4S2/c1-22-16(23-8-2-10-26-13-5-3-12(18)4-6-13)24-9-7-15-25-14(11-27-15)17(19,20)21/h3-6,11H,2,7-10H2,1H3,(H2,22,23,24). The van der Waals surface area contributed by atoms with E-state index in [1.807, 2.05) is 0 Å². The zero-order chi connectivity index (χ0) is 19.7. The van der Waals surface area contributed by atoms with Gasteiger partial charge in [-0.3, -0.25) is 4.99 Å². The van der Waals surface area contributed by atoms with Crippen molar-refractivity contribution in [1.82, 2.24) is 15.6 Å². The summed E-state index contributed by atoms with van der Waals surface area (Å²) < 4.78 is 50.4. The summed E-state index contributed by atoms with van der Waals surface area (Å²) in [5, 5.41) is 7.67. The third-order valence-electron chi connectivity index (χ3n) is 3.39. The topological polar surface area (TPSA) is 49.3 Å². The molecule has 0 spiro atoms. The Labute approximate surface area is 163 Å². The smallest absolute Gasteiger partial charge is 0.356 e. The van der Waals surface area contributed by atoms with E-state index in [9.17, 15) is 17.6 Å². The number of thiazole rings is 1. The molecular weight excluding hydrogens is 400 g/mol. The average molecular weight is 421 g/mol. The molecule has 1 aromatic carbocycles. The number of hydrogen-bond donors (Lipinski definition) is 2. The first-order chi connectivity index (χ1) is 12.9. The van der Waals surface area contributed by atoms with Gasteiger partial charge in [0, 0.05) is 36.8 Å². The molecule has 2 aromatic rings. The van der Waals surface area contributed by atoms with Crippen LogP contribution in [0.1, 0.15) is 17.1 Å². The first-order valence-corrected chi connectivity index (χ1v) is 10.1. The quantitative estimate of drug-likeness (QED) is 0.221. The number of aromatic nitrogens is 1. The molecule has 0 saturated carbocycles. The third-order valence-corrected chi connectivity index (χ3v) is 5.40. The van der Waals surface area contributed by atoms with Gasteiger partial charge in [-0.25, -0.2) is 9.37 Å². The summed E-state index contributed by atoms with van der Waals surface area (Å²) in [5.74, 6) is 1.22. The van der Waals surface area contributed by atoms with Crippen molar-refractivity contribution in [3.63, 3.8) is 0 Å². The lowest BCUT2D eigenvalue weighted by atomic mass is 10.4. The summed E-state index contributed by atoms with van der Waals surface area (Å²) in [5.41, 5.74) is -0.844. The van der Waals surface area contributed by atoms with E-state index in [4.69, 9.17) is 0 Å². The predicted molar refractivity (Wildman–Crippen MR) is 102 cm³/mol. The fourth-order valence-corrected chi connectivity index (χ4v) is 3.72. The van der Waals surface area contributed by atoms with Crippen LogP contribution in [-0.4, -0.2) is 36.8 Å². The van der Waals surface area contributed by atoms with E-state index in [2.05, 4.69) is 20.6 Å². The van der Waals surface area contributed by atoms with Crippen LogP contribution in [0.25, 0.3) is 0 Å². The summed E-state index contributed by atoms with van der Waals surface area (Å²) in [7, 11) is 1.63. The van der Waals surface area contributed by atoms with Crippen LogP contribution in [0.3, 0.4) is 0 Å². The van der Waals surface area contributed by atoms with Crippen LogP contribution < -0.4 is 10.6 Å². The lowest BCUT2D eigenvalue weighted by Crippen LogP contribution is -2.38. The molecule has 27 heavy (non-hydrogen) atoms. The zero-order valence-electron chi connectivity index (χ0n) is 14.6. The minimum absolute atomic E-state index is 0.247. The van der Waals surface area contributed by atoms with Gasteiger partial charge in [-0.1, -0.05) is 0 Å². The Hall–Kier alpha value is -1.81. The van der Waals surface area contributed by atoms with Crippen molar-refractivity contribution in [2.24, 2.45) is 4.99 Å². The average Bonchev–Trinajstić information content (AvgIpc) is 3.11. The van der Waals surface area contributed by atoms with Crippen LogP contribution in [0.15, 0.2) is 39.5 Å². The van der Waals surface area contributed by atoms with Gasteiger partial charge >= 0.3 is 6.18 Å². The second-order valence-electron chi connectivity index (χ2n) is 5.46. The van der Waals surface area contributed by atoms with Gasteiger partial charge in [0.05, 0.1) is 5.01 Å². The fraction of sp³-hybridized carbons (Fsp3) is 0.412. The highest BCUT2D eigenvalue weighted by molar-refractivity contribution is 7.99. The number of benzene rings is 1. The van der Waals surface area contributed by atoms with Crippen LogP contribution >= 0.6 is 23.1 Å². The van der Waals surface area contributed by atoms with Crippen molar-refractivity contribution in [3.8, 4) is 0 Å². The van der Waals surface area contributed by atoms with Crippen LogP contribution in [-0.2, 0) is 12.6 Å². The van der Waals surface area contributed by atoms with Gasteiger partial charge in [-0.05, 0) is 36.4 Å². The molecular formula is C17H20F4N4S2. The summed E-state index contributed by atoms with van der Waals surface area (Å²) in [4.78, 5) is 8.68. The molecule has 0 aliphatic rings. The number of aliphatic imine (C=N–C) groups is 1. The van der Waals surface area contributed by atoms with Crippen molar-refractivity contribution in [2.75, 3.05) is 25.9 Å². The maximum absolute atomic E-state index is 12.8. The number of nitrogens with zero attached hydrogens (tertiary/aromatic N) is 2. The molecule has 0 aliphatic carbocycles. The molecule has 1 aromatic heterocycles. The maximum atomic E-state index is 12.8. The Balaban J connectivity index is 1.61. The van der Waals surface area contributed by atoms with Gasteiger partial charge in [-0.15, -0.1) is 23.1 Å². The molecule has 4 nitrogen and oxygen atoms in total. The summed E-state index contributed by atoms with van der Waals surface area (Å²) >= 11 is 2.64. The highest BCUT2D eigenvalue weighted by atomic mass is 32.2. The van der Waals surface area contributed by atoms with Crippen LogP contribution in [0.4, 0.5) is 17.6 Å². The number of halogens is 4. The van der Waals surface area contributed by atoms with E-state index in [1.165, 1.54) is 12.1 Å². The summed E-state index contributed by atoms with van der Waals surface area (Å²) in [6.07, 6.45) is -3.13. The second-order valence-corrected chi connectivity index (χ2v) is 7.57. The Bertz CT molecular complexity index is 729. The largest absolute Gasteiger partial charge is 0.434 e. The van der Waals surface area contributed by atoms with Crippen LogP contribution in [0, 0.1) is 5.82 Å². The minimum atomic E-state index is -4.40. The molecule has 0 fully saturated rings. The SMILES string of the molecule is CN=C(NCCCSc1ccc(F)cc1)NCCc1nc(C(F)(F)F)cs1. The molecule has 0 amide bonds. The normalized spacial score (nSPS) is 12.3. The molecule has 0 unspecified atom stereocenters. The second kappa shape index (κ2) is 10.5. The highest BCUT2D eigenvalue weighted by Gasteiger charge is 2.33. The van der Waals surface area contributed by atoms with Gasteiger partial charge in [0.25, 0.3) is 0 Å². The number of rotatable bonds is 8. The molecule has 0 radical (unpaired) electrons. The van der Waals surface area contributed by atoms with Crippen molar-refractivity contribution in [1.29, 1.82) is 0 Å². The van der Waals surface area contributed by atoms with E-state index < -0.39 is 11.9 Å². The van der Waals surface area contributed by atoms with Gasteiger partial charge in [0.15, 0.2) is 11.7 Å². The monoisotopic (exact) mass is 420 g/mol. The summed E-state index contributed by atoms with van der Waals surface area (Å²) in [6, 6.07) is 6.37. The van der Waals surface area contributed by atoms with Gasteiger partial charge in [0.2, 0.25) is 0 Å². The molecule has 2 N–H and O–H groups in total. The van der Waals surface area contributed by atoms with E-state index >= 15 is 0 Å². The Morgan fingerprint density at radius 2 is 1.89 bits per heavy atom. The van der Waals surface area contributed by atoms with Crippen molar-refractivity contribution in [3.05, 3.63) is 46.2 Å². The lowest BCUT2D eigenvalue weighted by molar-refractivity contribution is -0.140. The number of thioether (sulfide) groups is 1. The van der Waals surface area contributed by atoms with Crippen LogP contribution in [0.5, 0.6) is 0 Å². The third kappa shape index (κ3) is 7.76. The predicted octanol–water partition coefficient (Wildman–Crippen LogP) is 4.19. The molecule has 148 valence electrons. The molecule has 2 rings (SSSR count). The number of alkyl halides is 3. The fourth-order valence-electron chi connectivity index (χ4n) is 2.06. The molecule has 10 heteroatoms. The van der Waals surface area contributed by atoms with E-state index in [0.29, 0.717) is 30.5 Å². The molecule has 0 bridgehead atoms. The molecule has 0 aliphatic heterocycles. The Morgan fingerprint density at radius 3 is 2.52 bits per heavy atom. The van der Waals surface area contributed by atoms with Crippen molar-refractivity contribution in [2.45, 2.75) is 23.9 Å². The lowest BCUT2D eigenvalue weighted by Gasteiger charge is -2.11. The minimum Gasteiger partial charge on any atom is -0.356 e. The molecule has 0 atom stereocenters. The van der Waals surface area contributed by atoms with Crippen molar-refractivity contribution >= 4 is 29.1 Å². The summed E-state index contributed by atoms with van der Waals surface area (Å²) in [6.45, 7) is 1.14. The van der Waals surface area contributed by atoms with Crippen LogP contribution in [0.2, 0.25) is 0 Å². The Kier molecular flexibility index (Phi) is 8.36. The van der Waals surface area contributed by atoms with E-state index in [0.717, 1.165) is 33.8 Å². The number of guanidine groups is 1. The zero-order valence-corrected chi connectivity index (χ0v) is 16.3. The number of nitrogens with one attached hydrogen (secondary N) is 2. The van der Waals surface area contributed by atoms with E-state index in [1.54, 1.807) is 30.9 Å². The molecule has 1 heterocycles. The maximum Gasteiger partial charge on any atom is 0.434 e. The van der Waals surface area contributed by atoms with E-state index in [-0.39, 0.29) is 5.82 Å². The van der Waals surface area contributed by atoms with Crippen molar-refractivity contribution < 1.29 is 17.6 Å². The molecule has 0 saturated heterocycles. The first-order valence-electron chi connectivity index (χ1n) is 8.23. The van der Waals surface area contributed by atoms with Gasteiger partial charge in [-0.2, -0.15) is 13.2 Å². The van der Waals surface area contributed by atoms with Gasteiger partial charge in [0.1, 0.15) is 5.82 Å². The highest BCUT2D eigenvalue weighted by Crippen LogP contribution is 2.30. The van der Waals surface area contributed by atoms with Gasteiger partial charge < -0.3 is 10.6 Å².